The van der Waals surface area contributed by atoms with E-state index in [0.29, 0.717) is 30.3 Å². The zero-order chi connectivity index (χ0) is 20.8. The van der Waals surface area contributed by atoms with Crippen LogP contribution in [0.2, 0.25) is 5.02 Å². The molecule has 3 aromatic rings. The van der Waals surface area contributed by atoms with Crippen LogP contribution < -0.4 is 14.8 Å². The maximum Gasteiger partial charge on any atom is 0.337 e. The van der Waals surface area contributed by atoms with Crippen molar-refractivity contribution in [2.75, 3.05) is 12.4 Å². The molecular formula is C23H22ClNO4. The summed E-state index contributed by atoms with van der Waals surface area (Å²) in [5, 5.41) is 12.6. The van der Waals surface area contributed by atoms with Crippen LogP contribution in [0.4, 0.5) is 5.69 Å². The van der Waals surface area contributed by atoms with E-state index in [0.717, 1.165) is 11.1 Å². The Morgan fingerprint density at radius 3 is 2.41 bits per heavy atom. The van der Waals surface area contributed by atoms with Crippen molar-refractivity contribution in [3.63, 3.8) is 0 Å². The Morgan fingerprint density at radius 2 is 1.72 bits per heavy atom. The molecule has 0 heterocycles. The van der Waals surface area contributed by atoms with Crippen LogP contribution in [-0.2, 0) is 13.2 Å². The highest BCUT2D eigenvalue weighted by Crippen LogP contribution is 2.29. The minimum atomic E-state index is -1.06. The Kier molecular flexibility index (Phi) is 6.62. The largest absolute Gasteiger partial charge is 0.493 e. The second-order valence-electron chi connectivity index (χ2n) is 6.61. The van der Waals surface area contributed by atoms with Crippen LogP contribution in [0.5, 0.6) is 11.5 Å². The lowest BCUT2D eigenvalue weighted by Gasteiger charge is -2.13. The minimum Gasteiger partial charge on any atom is -0.493 e. The van der Waals surface area contributed by atoms with Gasteiger partial charge in [-0.15, -0.1) is 0 Å². The molecular weight excluding hydrogens is 390 g/mol. The third-order valence-electron chi connectivity index (χ3n) is 4.44. The van der Waals surface area contributed by atoms with Gasteiger partial charge in [-0.05, 0) is 48.4 Å². The lowest BCUT2D eigenvalue weighted by molar-refractivity contribution is 0.0697. The van der Waals surface area contributed by atoms with Crippen molar-refractivity contribution >= 4 is 23.3 Å². The number of aromatic carboxylic acids is 1. The van der Waals surface area contributed by atoms with Crippen molar-refractivity contribution in [2.24, 2.45) is 0 Å². The average molecular weight is 412 g/mol. The third-order valence-corrected chi connectivity index (χ3v) is 4.77. The molecule has 0 bridgehead atoms. The van der Waals surface area contributed by atoms with Crippen molar-refractivity contribution in [2.45, 2.75) is 20.1 Å². The van der Waals surface area contributed by atoms with Crippen LogP contribution in [0.15, 0.2) is 60.7 Å². The SMILES string of the molecule is COc1cc(CNc2ccc(Cl)c(C(=O)O)c2)ccc1OCc1ccc(C)cc1. The van der Waals surface area contributed by atoms with Crippen molar-refractivity contribution in [3.05, 3.63) is 87.9 Å². The smallest absolute Gasteiger partial charge is 0.337 e. The number of carboxylic acid groups (broad SMARTS) is 1. The molecule has 0 aliphatic heterocycles. The number of aryl methyl sites for hydroxylation is 1. The van der Waals surface area contributed by atoms with Gasteiger partial charge in [0, 0.05) is 12.2 Å². The van der Waals surface area contributed by atoms with E-state index in [-0.39, 0.29) is 10.6 Å². The normalized spacial score (nSPS) is 10.4. The molecule has 5 nitrogen and oxygen atoms in total. The Labute approximate surface area is 174 Å². The van der Waals surface area contributed by atoms with Crippen LogP contribution in [0.3, 0.4) is 0 Å². The summed E-state index contributed by atoms with van der Waals surface area (Å²) in [7, 11) is 1.60. The predicted octanol–water partition coefficient (Wildman–Crippen LogP) is 5.55. The highest BCUT2D eigenvalue weighted by Gasteiger charge is 2.10. The summed E-state index contributed by atoms with van der Waals surface area (Å²) in [6.45, 7) is 3.00. The number of nitrogens with one attached hydrogen (secondary N) is 1. The topological polar surface area (TPSA) is 67.8 Å². The molecule has 150 valence electrons. The zero-order valence-corrected chi connectivity index (χ0v) is 17.0. The van der Waals surface area contributed by atoms with Crippen LogP contribution in [0.25, 0.3) is 0 Å². The van der Waals surface area contributed by atoms with E-state index in [2.05, 4.69) is 17.4 Å². The van der Waals surface area contributed by atoms with Crippen molar-refractivity contribution in [1.29, 1.82) is 0 Å². The van der Waals surface area contributed by atoms with Gasteiger partial charge in [0.1, 0.15) is 6.61 Å². The summed E-state index contributed by atoms with van der Waals surface area (Å²) in [5.41, 5.74) is 4.00. The Balaban J connectivity index is 1.66. The molecule has 6 heteroatoms. The number of carboxylic acids is 1. The van der Waals surface area contributed by atoms with Gasteiger partial charge in [-0.3, -0.25) is 0 Å². The number of rotatable bonds is 8. The van der Waals surface area contributed by atoms with Gasteiger partial charge in [-0.2, -0.15) is 0 Å². The van der Waals surface area contributed by atoms with Gasteiger partial charge in [0.15, 0.2) is 11.5 Å². The summed E-state index contributed by atoms with van der Waals surface area (Å²) >= 11 is 5.91. The molecule has 0 saturated heterocycles. The van der Waals surface area contributed by atoms with Gasteiger partial charge in [0.05, 0.1) is 17.7 Å². The fourth-order valence-electron chi connectivity index (χ4n) is 2.79. The second-order valence-corrected chi connectivity index (χ2v) is 7.02. The van der Waals surface area contributed by atoms with Gasteiger partial charge < -0.3 is 19.9 Å². The molecule has 0 amide bonds. The number of carbonyl (C=O) groups is 1. The number of benzene rings is 3. The summed E-state index contributed by atoms with van der Waals surface area (Å²) in [6.07, 6.45) is 0. The van der Waals surface area contributed by atoms with Gasteiger partial charge in [0.25, 0.3) is 0 Å². The van der Waals surface area contributed by atoms with Crippen molar-refractivity contribution in [3.8, 4) is 11.5 Å². The minimum absolute atomic E-state index is 0.0640. The Hall–Kier alpha value is -3.18. The molecule has 0 aliphatic carbocycles. The van der Waals surface area contributed by atoms with E-state index in [1.807, 2.05) is 37.3 Å². The number of hydrogen-bond acceptors (Lipinski definition) is 4. The number of halogens is 1. The lowest BCUT2D eigenvalue weighted by Crippen LogP contribution is -2.04. The van der Waals surface area contributed by atoms with E-state index in [1.54, 1.807) is 19.2 Å². The molecule has 3 rings (SSSR count). The van der Waals surface area contributed by atoms with Gasteiger partial charge >= 0.3 is 5.97 Å². The van der Waals surface area contributed by atoms with Gasteiger partial charge in [-0.25, -0.2) is 4.79 Å². The van der Waals surface area contributed by atoms with Gasteiger partial charge in [0.2, 0.25) is 0 Å². The van der Waals surface area contributed by atoms with E-state index in [1.165, 1.54) is 11.6 Å². The molecule has 3 aromatic carbocycles. The van der Waals surface area contributed by atoms with Crippen LogP contribution in [0.1, 0.15) is 27.0 Å². The van der Waals surface area contributed by atoms with Crippen LogP contribution >= 0.6 is 11.6 Å². The molecule has 0 aliphatic rings. The van der Waals surface area contributed by atoms with E-state index < -0.39 is 5.97 Å². The maximum atomic E-state index is 11.2. The average Bonchev–Trinajstić information content (AvgIpc) is 2.72. The maximum absolute atomic E-state index is 11.2. The fourth-order valence-corrected chi connectivity index (χ4v) is 2.99. The van der Waals surface area contributed by atoms with Crippen molar-refractivity contribution < 1.29 is 19.4 Å². The number of hydrogen-bond donors (Lipinski definition) is 2. The zero-order valence-electron chi connectivity index (χ0n) is 16.2. The number of ether oxygens (including phenoxy) is 2. The molecule has 29 heavy (non-hydrogen) atoms. The van der Waals surface area contributed by atoms with Gasteiger partial charge in [-0.1, -0.05) is 47.5 Å². The van der Waals surface area contributed by atoms with E-state index in [4.69, 9.17) is 21.1 Å². The first kappa shape index (κ1) is 20.6. The van der Waals surface area contributed by atoms with Crippen LogP contribution in [0, 0.1) is 6.92 Å². The molecule has 0 aromatic heterocycles. The number of methoxy groups -OCH3 is 1. The standard InChI is InChI=1S/C23H22ClNO4/c1-15-3-5-16(6-4-15)14-29-21-10-7-17(11-22(21)28-2)13-25-18-8-9-20(24)19(12-18)23(26)27/h3-12,25H,13-14H2,1-2H3,(H,26,27). The third kappa shape index (κ3) is 5.42. The van der Waals surface area contributed by atoms with E-state index >= 15 is 0 Å². The van der Waals surface area contributed by atoms with Crippen LogP contribution in [-0.4, -0.2) is 18.2 Å². The van der Waals surface area contributed by atoms with E-state index in [9.17, 15) is 9.90 Å². The Bertz CT molecular complexity index is 1000. The lowest BCUT2D eigenvalue weighted by atomic mass is 10.1. The van der Waals surface area contributed by atoms with Crippen molar-refractivity contribution in [1.82, 2.24) is 0 Å². The predicted molar refractivity (Wildman–Crippen MR) is 114 cm³/mol. The summed E-state index contributed by atoms with van der Waals surface area (Å²) in [4.78, 5) is 11.2. The number of anilines is 1. The fraction of sp³-hybridized carbons (Fsp3) is 0.174. The molecule has 2 N–H and O–H groups in total. The molecule has 0 spiro atoms. The monoisotopic (exact) mass is 411 g/mol. The molecule has 0 saturated carbocycles. The molecule has 0 fully saturated rings. The first-order valence-electron chi connectivity index (χ1n) is 9.08. The first-order chi connectivity index (χ1) is 14.0. The molecule has 0 radical (unpaired) electrons. The highest BCUT2D eigenvalue weighted by molar-refractivity contribution is 6.33. The summed E-state index contributed by atoms with van der Waals surface area (Å²) in [6, 6.07) is 18.7. The molecule has 0 unspecified atom stereocenters. The highest BCUT2D eigenvalue weighted by atomic mass is 35.5. The molecule has 0 atom stereocenters. The Morgan fingerprint density at radius 1 is 1.00 bits per heavy atom. The quantitative estimate of drug-likeness (QED) is 0.509. The second kappa shape index (κ2) is 9.34. The summed E-state index contributed by atoms with van der Waals surface area (Å²) < 4.78 is 11.4. The summed E-state index contributed by atoms with van der Waals surface area (Å²) in [5.74, 6) is 0.241. The first-order valence-corrected chi connectivity index (χ1v) is 9.46.